The van der Waals surface area contributed by atoms with E-state index in [2.05, 4.69) is 0 Å². The molecule has 0 bridgehead atoms. The summed E-state index contributed by atoms with van der Waals surface area (Å²) in [6.07, 6.45) is 1.88. The first-order valence-electron chi connectivity index (χ1n) is 5.95. The highest BCUT2D eigenvalue weighted by Gasteiger charge is 2.26. The van der Waals surface area contributed by atoms with Crippen LogP contribution in [0.4, 0.5) is 14.5 Å². The van der Waals surface area contributed by atoms with Gasteiger partial charge in [-0.25, -0.2) is 8.78 Å². The molecule has 1 aromatic rings. The molecule has 3 nitrogen and oxygen atoms in total. The van der Waals surface area contributed by atoms with E-state index in [0.29, 0.717) is 25.8 Å². The molecule has 1 heterocycles. The molecule has 1 unspecified atom stereocenters. The highest BCUT2D eigenvalue weighted by atomic mass is 19.1. The van der Waals surface area contributed by atoms with Crippen molar-refractivity contribution < 1.29 is 18.7 Å². The fraction of sp³-hybridized carbons (Fsp3) is 0.462. The van der Waals surface area contributed by atoms with Crippen molar-refractivity contribution in [3.63, 3.8) is 0 Å². The molecule has 1 fully saturated rings. The number of halogens is 2. The third-order valence-corrected chi connectivity index (χ3v) is 3.31. The fourth-order valence-electron chi connectivity index (χ4n) is 2.41. The summed E-state index contributed by atoms with van der Waals surface area (Å²) >= 11 is 0. The number of benzene rings is 1. The van der Waals surface area contributed by atoms with Gasteiger partial charge in [0.05, 0.1) is 0 Å². The molecule has 0 aliphatic carbocycles. The maximum absolute atomic E-state index is 13.8. The van der Waals surface area contributed by atoms with Crippen LogP contribution in [0.5, 0.6) is 0 Å². The van der Waals surface area contributed by atoms with Crippen LogP contribution in [0.15, 0.2) is 12.1 Å². The molecule has 5 heteroatoms. The number of aldehydes is 1. The van der Waals surface area contributed by atoms with Crippen molar-refractivity contribution in [2.45, 2.75) is 12.8 Å². The normalized spacial score (nSPS) is 19.3. The van der Waals surface area contributed by atoms with Crippen LogP contribution in [0.1, 0.15) is 23.2 Å². The molecule has 1 aromatic carbocycles. The topological polar surface area (TPSA) is 40.5 Å². The van der Waals surface area contributed by atoms with Crippen LogP contribution in [0.3, 0.4) is 0 Å². The van der Waals surface area contributed by atoms with Crippen molar-refractivity contribution >= 4 is 12.0 Å². The molecule has 1 aliphatic rings. The van der Waals surface area contributed by atoms with Crippen molar-refractivity contribution in [3.05, 3.63) is 29.3 Å². The molecule has 0 spiro atoms. The number of nitrogens with zero attached hydrogens (tertiary/aromatic N) is 1. The molecular weight excluding hydrogens is 240 g/mol. The van der Waals surface area contributed by atoms with Crippen molar-refractivity contribution in [2.75, 3.05) is 24.6 Å². The van der Waals surface area contributed by atoms with Gasteiger partial charge in [0.1, 0.15) is 23.6 Å². The highest BCUT2D eigenvalue weighted by molar-refractivity contribution is 5.76. The molecule has 0 amide bonds. The van der Waals surface area contributed by atoms with Gasteiger partial charge in [0, 0.05) is 25.3 Å². The number of hydrogen-bond acceptors (Lipinski definition) is 3. The van der Waals surface area contributed by atoms with Gasteiger partial charge in [0.25, 0.3) is 0 Å². The number of carbonyl (C=O) groups is 1. The average Bonchev–Trinajstić information content (AvgIpc) is 2.77. The lowest BCUT2D eigenvalue weighted by atomic mass is 10.1. The van der Waals surface area contributed by atoms with E-state index in [-0.39, 0.29) is 23.8 Å². The molecule has 1 atom stereocenters. The summed E-state index contributed by atoms with van der Waals surface area (Å²) in [5, 5.41) is 8.86. The maximum atomic E-state index is 13.8. The quantitative estimate of drug-likeness (QED) is 0.836. The minimum atomic E-state index is -0.707. The van der Waals surface area contributed by atoms with E-state index in [9.17, 15) is 13.6 Å². The Morgan fingerprint density at radius 2 is 2.06 bits per heavy atom. The lowest BCUT2D eigenvalue weighted by molar-refractivity contribution is 0.112. The summed E-state index contributed by atoms with van der Waals surface area (Å²) in [4.78, 5) is 12.1. The first-order valence-corrected chi connectivity index (χ1v) is 5.95. The van der Waals surface area contributed by atoms with Crippen molar-refractivity contribution in [1.82, 2.24) is 0 Å². The Balaban J connectivity index is 2.21. The van der Waals surface area contributed by atoms with Crippen LogP contribution in [-0.4, -0.2) is 31.1 Å². The second-order valence-corrected chi connectivity index (χ2v) is 4.56. The van der Waals surface area contributed by atoms with Crippen molar-refractivity contribution in [3.8, 4) is 0 Å². The van der Waals surface area contributed by atoms with Crippen LogP contribution in [0, 0.1) is 17.6 Å². The summed E-state index contributed by atoms with van der Waals surface area (Å²) in [6, 6.07) is 2.09. The largest absolute Gasteiger partial charge is 0.396 e. The van der Waals surface area contributed by atoms with E-state index >= 15 is 0 Å². The molecule has 1 aliphatic heterocycles. The Morgan fingerprint density at radius 1 is 1.39 bits per heavy atom. The summed E-state index contributed by atoms with van der Waals surface area (Å²) in [7, 11) is 0. The molecule has 0 saturated carbocycles. The first-order chi connectivity index (χ1) is 8.65. The SMILES string of the molecule is O=Cc1cc(F)c(N2CCC(CCO)C2)c(F)c1. The number of hydrogen-bond donors (Lipinski definition) is 1. The smallest absolute Gasteiger partial charge is 0.150 e. The van der Waals surface area contributed by atoms with Gasteiger partial charge in [-0.1, -0.05) is 0 Å². The van der Waals surface area contributed by atoms with Crippen LogP contribution in [0.25, 0.3) is 0 Å². The zero-order chi connectivity index (χ0) is 13.1. The molecule has 18 heavy (non-hydrogen) atoms. The predicted molar refractivity (Wildman–Crippen MR) is 63.8 cm³/mol. The zero-order valence-corrected chi connectivity index (χ0v) is 9.90. The van der Waals surface area contributed by atoms with E-state index in [1.54, 1.807) is 4.90 Å². The van der Waals surface area contributed by atoms with Crippen LogP contribution < -0.4 is 4.90 Å². The Labute approximate surface area is 104 Å². The van der Waals surface area contributed by atoms with Gasteiger partial charge in [-0.15, -0.1) is 0 Å². The fourth-order valence-corrected chi connectivity index (χ4v) is 2.41. The Bertz CT molecular complexity index is 428. The Kier molecular flexibility index (Phi) is 3.91. The van der Waals surface area contributed by atoms with Crippen LogP contribution in [0.2, 0.25) is 0 Å². The van der Waals surface area contributed by atoms with Gasteiger partial charge in [0.2, 0.25) is 0 Å². The molecule has 0 radical (unpaired) electrons. The van der Waals surface area contributed by atoms with Crippen molar-refractivity contribution in [2.24, 2.45) is 5.92 Å². The second kappa shape index (κ2) is 5.44. The van der Waals surface area contributed by atoms with Crippen LogP contribution in [-0.2, 0) is 0 Å². The van der Waals surface area contributed by atoms with E-state index in [0.717, 1.165) is 18.6 Å². The predicted octanol–water partition coefficient (Wildman–Crippen LogP) is 1.99. The number of aliphatic hydroxyl groups excluding tert-OH is 1. The summed E-state index contributed by atoms with van der Waals surface area (Å²) < 4.78 is 27.5. The Hall–Kier alpha value is -1.49. The number of carbonyl (C=O) groups excluding carboxylic acids is 1. The zero-order valence-electron chi connectivity index (χ0n) is 9.90. The molecule has 0 aromatic heterocycles. The molecule has 1 saturated heterocycles. The number of anilines is 1. The minimum absolute atomic E-state index is 0.000134. The minimum Gasteiger partial charge on any atom is -0.396 e. The number of rotatable bonds is 4. The standard InChI is InChI=1S/C13H15F2NO2/c14-11-5-10(8-18)6-12(15)13(11)16-3-1-9(7-16)2-4-17/h5-6,8-9,17H,1-4,7H2. The second-order valence-electron chi connectivity index (χ2n) is 4.56. The van der Waals surface area contributed by atoms with E-state index in [1.807, 2.05) is 0 Å². The van der Waals surface area contributed by atoms with Gasteiger partial charge >= 0.3 is 0 Å². The summed E-state index contributed by atoms with van der Waals surface area (Å²) in [6.45, 7) is 1.20. The van der Waals surface area contributed by atoms with Gasteiger partial charge in [0.15, 0.2) is 0 Å². The first kappa shape index (κ1) is 13.0. The highest BCUT2D eigenvalue weighted by Crippen LogP contribution is 2.30. The lowest BCUT2D eigenvalue weighted by Crippen LogP contribution is -2.22. The van der Waals surface area contributed by atoms with Crippen LogP contribution >= 0.6 is 0 Å². The summed E-state index contributed by atoms with van der Waals surface area (Å²) in [5.41, 5.74) is -0.0686. The van der Waals surface area contributed by atoms with Gasteiger partial charge < -0.3 is 10.0 Å². The van der Waals surface area contributed by atoms with Crippen molar-refractivity contribution in [1.29, 1.82) is 0 Å². The molecule has 98 valence electrons. The molecule has 2 rings (SSSR count). The lowest BCUT2D eigenvalue weighted by Gasteiger charge is -2.20. The third kappa shape index (κ3) is 2.51. The molecule has 1 N–H and O–H groups in total. The number of aliphatic hydroxyl groups is 1. The average molecular weight is 255 g/mol. The molecular formula is C13H15F2NO2. The third-order valence-electron chi connectivity index (χ3n) is 3.31. The Morgan fingerprint density at radius 3 is 2.61 bits per heavy atom. The van der Waals surface area contributed by atoms with Gasteiger partial charge in [-0.2, -0.15) is 0 Å². The van der Waals surface area contributed by atoms with Gasteiger partial charge in [-0.05, 0) is 30.9 Å². The summed E-state index contributed by atoms with van der Waals surface area (Å²) in [5.74, 6) is -1.15. The van der Waals surface area contributed by atoms with E-state index in [1.165, 1.54) is 0 Å². The monoisotopic (exact) mass is 255 g/mol. The van der Waals surface area contributed by atoms with E-state index in [4.69, 9.17) is 5.11 Å². The maximum Gasteiger partial charge on any atom is 0.150 e. The van der Waals surface area contributed by atoms with Gasteiger partial charge in [-0.3, -0.25) is 4.79 Å². The van der Waals surface area contributed by atoms with E-state index < -0.39 is 11.6 Å².